The van der Waals surface area contributed by atoms with Gasteiger partial charge in [-0.05, 0) is 44.9 Å². The van der Waals surface area contributed by atoms with Crippen LogP contribution >= 0.6 is 0 Å². The third-order valence-corrected chi connectivity index (χ3v) is 4.93. The fraction of sp³-hybridized carbons (Fsp3) is 0.941. The fourth-order valence-corrected chi connectivity index (χ4v) is 3.70. The van der Waals surface area contributed by atoms with E-state index in [9.17, 15) is 4.79 Å². The van der Waals surface area contributed by atoms with Crippen molar-refractivity contribution in [1.82, 2.24) is 5.32 Å². The summed E-state index contributed by atoms with van der Waals surface area (Å²) in [5, 5.41) is 3.50. The molecule has 2 fully saturated rings. The van der Waals surface area contributed by atoms with E-state index in [0.29, 0.717) is 12.0 Å². The first kappa shape index (κ1) is 15.8. The summed E-state index contributed by atoms with van der Waals surface area (Å²) in [5.41, 5.74) is 0. The van der Waals surface area contributed by atoms with Crippen LogP contribution in [0.3, 0.4) is 0 Å². The molecule has 4 atom stereocenters. The quantitative estimate of drug-likeness (QED) is 0.569. The van der Waals surface area contributed by atoms with E-state index >= 15 is 0 Å². The number of carbonyl (C=O) groups is 1. The van der Waals surface area contributed by atoms with Crippen LogP contribution in [0.15, 0.2) is 0 Å². The van der Waals surface area contributed by atoms with Gasteiger partial charge in [-0.2, -0.15) is 0 Å². The Kier molecular flexibility index (Phi) is 6.34. The number of rotatable bonds is 7. The average molecular weight is 281 g/mol. The number of carbonyl (C=O) groups excluding carboxylic acids is 1. The summed E-state index contributed by atoms with van der Waals surface area (Å²) in [6, 6.07) is 0.530. The van der Waals surface area contributed by atoms with E-state index in [0.717, 1.165) is 12.8 Å². The Hall–Kier alpha value is -0.570. The Morgan fingerprint density at radius 2 is 2.05 bits per heavy atom. The second-order valence-electron chi connectivity index (χ2n) is 6.70. The summed E-state index contributed by atoms with van der Waals surface area (Å²) in [7, 11) is 0. The first-order chi connectivity index (χ1) is 9.70. The molecule has 1 aliphatic heterocycles. The minimum Gasteiger partial charge on any atom is -0.462 e. The van der Waals surface area contributed by atoms with Crippen molar-refractivity contribution in [2.45, 2.75) is 96.2 Å². The van der Waals surface area contributed by atoms with Crippen molar-refractivity contribution in [2.24, 2.45) is 5.92 Å². The van der Waals surface area contributed by atoms with Crippen LogP contribution < -0.4 is 5.32 Å². The maximum atomic E-state index is 12.2. The first-order valence-corrected chi connectivity index (χ1v) is 8.67. The molecule has 0 aromatic rings. The van der Waals surface area contributed by atoms with E-state index in [1.807, 2.05) is 6.92 Å². The summed E-state index contributed by atoms with van der Waals surface area (Å²) >= 11 is 0. The molecule has 4 unspecified atom stereocenters. The van der Waals surface area contributed by atoms with Gasteiger partial charge in [0.05, 0.1) is 6.10 Å². The lowest BCUT2D eigenvalue weighted by molar-refractivity contribution is -0.150. The van der Waals surface area contributed by atoms with E-state index < -0.39 is 0 Å². The Labute approximate surface area is 123 Å². The number of ether oxygens (including phenoxy) is 1. The number of esters is 1. The van der Waals surface area contributed by atoms with Crippen LogP contribution in [0.2, 0.25) is 0 Å². The zero-order valence-electron chi connectivity index (χ0n) is 13.2. The molecule has 1 heterocycles. The maximum Gasteiger partial charge on any atom is 0.323 e. The minimum absolute atomic E-state index is 0.0117. The normalized spacial score (nSPS) is 30.8. The summed E-state index contributed by atoms with van der Waals surface area (Å²) in [4.78, 5) is 12.2. The number of unbranched alkanes of at least 4 members (excludes halogenated alkanes) is 3. The molecule has 1 aliphatic carbocycles. The predicted molar refractivity (Wildman–Crippen MR) is 81.6 cm³/mol. The van der Waals surface area contributed by atoms with Gasteiger partial charge in [0.15, 0.2) is 0 Å². The molecule has 0 bridgehead atoms. The molecule has 20 heavy (non-hydrogen) atoms. The third kappa shape index (κ3) is 4.47. The van der Waals surface area contributed by atoms with Crippen LogP contribution in [0.4, 0.5) is 0 Å². The van der Waals surface area contributed by atoms with Gasteiger partial charge in [0.1, 0.15) is 6.04 Å². The molecular formula is C17H31NO2. The van der Waals surface area contributed by atoms with Crippen LogP contribution in [0.25, 0.3) is 0 Å². The van der Waals surface area contributed by atoms with Crippen LogP contribution in [-0.4, -0.2) is 24.2 Å². The van der Waals surface area contributed by atoms with Crippen LogP contribution in [-0.2, 0) is 9.53 Å². The van der Waals surface area contributed by atoms with Crippen LogP contribution in [0.5, 0.6) is 0 Å². The first-order valence-electron chi connectivity index (χ1n) is 8.67. The molecule has 0 spiro atoms. The Balaban J connectivity index is 1.66. The van der Waals surface area contributed by atoms with E-state index in [4.69, 9.17) is 4.74 Å². The highest BCUT2D eigenvalue weighted by Crippen LogP contribution is 2.33. The lowest BCUT2D eigenvalue weighted by Crippen LogP contribution is -2.39. The second kappa shape index (κ2) is 8.02. The zero-order chi connectivity index (χ0) is 14.4. The molecule has 116 valence electrons. The molecule has 1 saturated heterocycles. The monoisotopic (exact) mass is 281 g/mol. The summed E-state index contributed by atoms with van der Waals surface area (Å²) in [5.74, 6) is 0.698. The molecule has 1 N–H and O–H groups in total. The van der Waals surface area contributed by atoms with E-state index in [1.165, 1.54) is 51.4 Å². The largest absolute Gasteiger partial charge is 0.462 e. The number of fused-ring (bicyclic) bond motifs is 1. The van der Waals surface area contributed by atoms with Crippen molar-refractivity contribution in [1.29, 1.82) is 0 Å². The summed E-state index contributed by atoms with van der Waals surface area (Å²) < 4.78 is 5.62. The van der Waals surface area contributed by atoms with E-state index in [2.05, 4.69) is 12.2 Å². The molecule has 3 heteroatoms. The highest BCUT2D eigenvalue weighted by Gasteiger charge is 2.39. The number of hydrogen-bond donors (Lipinski definition) is 1. The molecule has 2 rings (SSSR count). The fourth-order valence-electron chi connectivity index (χ4n) is 3.70. The molecule has 0 aromatic heterocycles. The smallest absolute Gasteiger partial charge is 0.323 e. The summed E-state index contributed by atoms with van der Waals surface area (Å²) in [6.07, 6.45) is 12.2. The van der Waals surface area contributed by atoms with Gasteiger partial charge in [-0.15, -0.1) is 0 Å². The zero-order valence-corrected chi connectivity index (χ0v) is 13.2. The molecule has 2 aliphatic rings. The third-order valence-electron chi connectivity index (χ3n) is 4.93. The van der Waals surface area contributed by atoms with Gasteiger partial charge in [0.25, 0.3) is 0 Å². The molecule has 0 radical (unpaired) electrons. The van der Waals surface area contributed by atoms with Gasteiger partial charge in [-0.3, -0.25) is 4.79 Å². The van der Waals surface area contributed by atoms with Gasteiger partial charge in [0.2, 0.25) is 0 Å². The van der Waals surface area contributed by atoms with Crippen LogP contribution in [0.1, 0.15) is 78.1 Å². The van der Waals surface area contributed by atoms with Crippen molar-refractivity contribution >= 4 is 5.97 Å². The van der Waals surface area contributed by atoms with E-state index in [-0.39, 0.29) is 18.1 Å². The predicted octanol–water partition coefficient (Wildman–Crippen LogP) is 3.81. The lowest BCUT2D eigenvalue weighted by Gasteiger charge is -2.24. The molecule has 0 amide bonds. The highest BCUT2D eigenvalue weighted by molar-refractivity contribution is 5.76. The SMILES string of the molecule is CCCCCCC(C)OC(=O)C1CC2CCCCC2N1. The average Bonchev–Trinajstić information content (AvgIpc) is 2.87. The van der Waals surface area contributed by atoms with Crippen molar-refractivity contribution < 1.29 is 9.53 Å². The van der Waals surface area contributed by atoms with Crippen molar-refractivity contribution in [3.63, 3.8) is 0 Å². The molecule has 3 nitrogen and oxygen atoms in total. The summed E-state index contributed by atoms with van der Waals surface area (Å²) in [6.45, 7) is 4.25. The number of nitrogens with one attached hydrogen (secondary N) is 1. The standard InChI is InChI=1S/C17H31NO2/c1-3-4-5-6-9-13(2)20-17(19)16-12-14-10-7-8-11-15(14)18-16/h13-16,18H,3-12H2,1-2H3. The van der Waals surface area contributed by atoms with Crippen LogP contribution in [0, 0.1) is 5.92 Å². The van der Waals surface area contributed by atoms with Gasteiger partial charge in [-0.25, -0.2) is 0 Å². The minimum atomic E-state index is -0.0406. The molecule has 1 saturated carbocycles. The molecule has 0 aromatic carbocycles. The van der Waals surface area contributed by atoms with Gasteiger partial charge in [-0.1, -0.05) is 39.0 Å². The van der Waals surface area contributed by atoms with Crippen molar-refractivity contribution in [2.75, 3.05) is 0 Å². The second-order valence-corrected chi connectivity index (χ2v) is 6.70. The lowest BCUT2D eigenvalue weighted by atomic mass is 9.85. The van der Waals surface area contributed by atoms with E-state index in [1.54, 1.807) is 0 Å². The highest BCUT2D eigenvalue weighted by atomic mass is 16.5. The van der Waals surface area contributed by atoms with Gasteiger partial charge < -0.3 is 10.1 Å². The maximum absolute atomic E-state index is 12.2. The molecular weight excluding hydrogens is 250 g/mol. The van der Waals surface area contributed by atoms with Gasteiger partial charge in [0, 0.05) is 6.04 Å². The van der Waals surface area contributed by atoms with Gasteiger partial charge >= 0.3 is 5.97 Å². The van der Waals surface area contributed by atoms with Crippen molar-refractivity contribution in [3.8, 4) is 0 Å². The topological polar surface area (TPSA) is 38.3 Å². The number of hydrogen-bond acceptors (Lipinski definition) is 3. The Morgan fingerprint density at radius 3 is 2.80 bits per heavy atom. The van der Waals surface area contributed by atoms with Crippen molar-refractivity contribution in [3.05, 3.63) is 0 Å². The Morgan fingerprint density at radius 1 is 1.25 bits per heavy atom. The Bertz CT molecular complexity index is 291.